The third-order valence-electron chi connectivity index (χ3n) is 0.537. The Morgan fingerprint density at radius 1 is 1.70 bits per heavy atom. The summed E-state index contributed by atoms with van der Waals surface area (Å²) >= 11 is 0. The molecule has 1 heterocycles. The van der Waals surface area contributed by atoms with Crippen LogP contribution in [0.5, 0.6) is 0 Å². The number of hydrogen-bond donors (Lipinski definition) is 3. The van der Waals surface area contributed by atoms with Crippen LogP contribution in [0.2, 0.25) is 0 Å². The van der Waals surface area contributed by atoms with Crippen LogP contribution >= 0.6 is 0 Å². The van der Waals surface area contributed by atoms with Crippen molar-refractivity contribution in [1.29, 1.82) is 0 Å². The molecule has 56 valence electrons. The van der Waals surface area contributed by atoms with E-state index < -0.39 is 5.03 Å². The molecule has 1 rings (SSSR count). The third-order valence-corrected chi connectivity index (χ3v) is 0.537. The Morgan fingerprint density at radius 2 is 2.40 bits per heavy atom. The molecule has 0 bridgehead atoms. The lowest BCUT2D eigenvalue weighted by Gasteiger charge is -1.83. The first-order chi connectivity index (χ1) is 4.29. The Balaban J connectivity index is 0.000000810. The summed E-state index contributed by atoms with van der Waals surface area (Å²) in [7, 11) is 0. The van der Waals surface area contributed by atoms with Gasteiger partial charge < -0.3 is 6.15 Å². The Hall–Kier alpha value is -1.77. The summed E-state index contributed by atoms with van der Waals surface area (Å²) in [6.07, 6.45) is 0. The quantitative estimate of drug-likeness (QED) is 0.368. The van der Waals surface area contributed by atoms with Crippen molar-refractivity contribution >= 4 is 5.95 Å². The minimum atomic E-state index is -0.773. The number of aromatic amines is 1. The van der Waals surface area contributed by atoms with E-state index >= 15 is 0 Å². The molecule has 0 aromatic carbocycles. The molecule has 1 aromatic heterocycles. The Labute approximate surface area is 54.5 Å². The van der Waals surface area contributed by atoms with E-state index in [1.807, 2.05) is 0 Å². The van der Waals surface area contributed by atoms with Crippen molar-refractivity contribution in [3.8, 4) is 0 Å². The second-order valence-corrected chi connectivity index (χ2v) is 1.10. The van der Waals surface area contributed by atoms with E-state index in [0.29, 0.717) is 0 Å². The normalized spacial score (nSPS) is 8.00. The zero-order valence-electron chi connectivity index (χ0n) is 5.11. The second kappa shape index (κ2) is 3.29. The molecule has 0 aliphatic heterocycles. The molecule has 0 saturated carbocycles. The van der Waals surface area contributed by atoms with Gasteiger partial charge in [0.05, 0.1) is 0 Å². The topological polar surface area (TPSA) is 146 Å². The number of hydrogen-bond acceptors (Lipinski definition) is 5. The lowest BCUT2D eigenvalue weighted by molar-refractivity contribution is -0.446. The fraction of sp³-hybridized carbons (Fsp3) is 0. The zero-order chi connectivity index (χ0) is 6.69. The van der Waals surface area contributed by atoms with Crippen molar-refractivity contribution in [1.82, 2.24) is 26.8 Å². The number of nitrogens with one attached hydrogen (secondary N) is 2. The number of rotatable bonds is 2. The summed E-state index contributed by atoms with van der Waals surface area (Å²) < 4.78 is 0. The molecule has 0 aliphatic rings. The van der Waals surface area contributed by atoms with Crippen LogP contribution in [0.4, 0.5) is 5.95 Å². The fourth-order valence-corrected chi connectivity index (χ4v) is 0.291. The zero-order valence-corrected chi connectivity index (χ0v) is 5.11. The minimum Gasteiger partial charge on any atom is -0.369 e. The summed E-state index contributed by atoms with van der Waals surface area (Å²) in [5, 5.41) is 20.5. The maximum Gasteiger partial charge on any atom is 0.323 e. The van der Waals surface area contributed by atoms with Gasteiger partial charge >= 0.3 is 5.95 Å². The van der Waals surface area contributed by atoms with Gasteiger partial charge in [0.1, 0.15) is 0 Å². The van der Waals surface area contributed by atoms with Gasteiger partial charge in [-0.15, -0.1) is 5.10 Å². The van der Waals surface area contributed by atoms with E-state index in [1.54, 1.807) is 5.43 Å². The number of nitrogens with zero attached hydrogens (tertiary/aromatic N) is 4. The van der Waals surface area contributed by atoms with Gasteiger partial charge in [0.15, 0.2) is 5.03 Å². The van der Waals surface area contributed by atoms with Crippen molar-refractivity contribution < 1.29 is 5.03 Å². The molecule has 6 N–H and O–H groups in total. The Morgan fingerprint density at radius 3 is 2.80 bits per heavy atom. The highest BCUT2D eigenvalue weighted by atomic mass is 16.7. The molecule has 9 nitrogen and oxygen atoms in total. The van der Waals surface area contributed by atoms with Gasteiger partial charge in [-0.1, -0.05) is 10.5 Å². The lowest BCUT2D eigenvalue weighted by atomic mass is 11.1. The monoisotopic (exact) mass is 148 g/mol. The molecule has 0 amide bonds. The molecule has 0 spiro atoms. The fourth-order valence-electron chi connectivity index (χ4n) is 0.291. The van der Waals surface area contributed by atoms with E-state index in [2.05, 4.69) is 20.6 Å². The van der Waals surface area contributed by atoms with Crippen LogP contribution < -0.4 is 11.6 Å². The Bertz CT molecular complexity index is 191. The summed E-state index contributed by atoms with van der Waals surface area (Å²) in [6.45, 7) is 0. The molecule has 0 atom stereocenters. The van der Waals surface area contributed by atoms with Gasteiger partial charge in [0, 0.05) is 0 Å². The van der Waals surface area contributed by atoms with Crippen LogP contribution in [0, 0.1) is 10.1 Å². The molecule has 0 saturated heterocycles. The van der Waals surface area contributed by atoms with Crippen LogP contribution in [-0.2, 0) is 0 Å². The summed E-state index contributed by atoms with van der Waals surface area (Å²) in [4.78, 5) is 9.64. The number of tetrazole rings is 1. The first-order valence-corrected chi connectivity index (χ1v) is 1.93. The van der Waals surface area contributed by atoms with Crippen LogP contribution in [0.3, 0.4) is 0 Å². The summed E-state index contributed by atoms with van der Waals surface area (Å²) in [6, 6.07) is 0. The highest BCUT2D eigenvalue weighted by molar-refractivity contribution is 5.12. The smallest absolute Gasteiger partial charge is 0.323 e. The predicted octanol–water partition coefficient (Wildman–Crippen LogP) is -0.821. The van der Waals surface area contributed by atoms with E-state index in [0.717, 1.165) is 0 Å². The van der Waals surface area contributed by atoms with Gasteiger partial charge in [-0.2, -0.15) is 5.21 Å². The molecule has 1 aromatic rings. The first kappa shape index (κ1) is 8.23. The van der Waals surface area contributed by atoms with Crippen LogP contribution in [0.1, 0.15) is 0 Å². The SMILES string of the molecule is O=[N+]([O-])Nc1nn[nH]n1.[NH4+]. The van der Waals surface area contributed by atoms with Crippen LogP contribution in [0.25, 0.3) is 0 Å². The number of hydrazine groups is 1. The molecular formula is CH6N7O2+. The summed E-state index contributed by atoms with van der Waals surface area (Å²) in [5.74, 6) is -0.153. The molecule has 0 unspecified atom stereocenters. The molecular weight excluding hydrogens is 142 g/mol. The summed E-state index contributed by atoms with van der Waals surface area (Å²) in [5.41, 5.74) is 1.69. The molecule has 10 heavy (non-hydrogen) atoms. The lowest BCUT2D eigenvalue weighted by Crippen LogP contribution is -2.08. The van der Waals surface area contributed by atoms with Gasteiger partial charge in [0.25, 0.3) is 0 Å². The standard InChI is InChI=1S/CH2N6O2.H3N/c8-7(9)4-1-2-5-6-3-1;/h(H2,2,3,4,5,6);1H3/p+1. The predicted molar refractivity (Wildman–Crippen MR) is 30.8 cm³/mol. The van der Waals surface area contributed by atoms with Crippen molar-refractivity contribution in [2.75, 3.05) is 5.43 Å². The highest BCUT2D eigenvalue weighted by Crippen LogP contribution is 1.86. The molecule has 9 heteroatoms. The first-order valence-electron chi connectivity index (χ1n) is 1.93. The molecule has 0 radical (unpaired) electrons. The van der Waals surface area contributed by atoms with Gasteiger partial charge in [0.2, 0.25) is 0 Å². The maximum atomic E-state index is 9.64. The van der Waals surface area contributed by atoms with Gasteiger partial charge in [-0.25, -0.2) is 10.1 Å². The van der Waals surface area contributed by atoms with Crippen LogP contribution in [-0.4, -0.2) is 25.7 Å². The largest absolute Gasteiger partial charge is 0.369 e. The van der Waals surface area contributed by atoms with E-state index in [1.165, 1.54) is 0 Å². The number of nitro groups is 1. The average molecular weight is 148 g/mol. The average Bonchev–Trinajstić information content (AvgIpc) is 2.15. The number of H-pyrrole nitrogens is 1. The van der Waals surface area contributed by atoms with Crippen molar-refractivity contribution in [3.05, 3.63) is 10.1 Å². The number of aromatic nitrogens is 4. The van der Waals surface area contributed by atoms with Crippen molar-refractivity contribution in [3.63, 3.8) is 0 Å². The molecule has 0 fully saturated rings. The number of anilines is 1. The van der Waals surface area contributed by atoms with E-state index in [9.17, 15) is 10.1 Å². The van der Waals surface area contributed by atoms with Gasteiger partial charge in [-0.3, -0.25) is 0 Å². The third kappa shape index (κ3) is 2.00. The van der Waals surface area contributed by atoms with Crippen molar-refractivity contribution in [2.45, 2.75) is 0 Å². The van der Waals surface area contributed by atoms with Crippen LogP contribution in [0.15, 0.2) is 0 Å². The van der Waals surface area contributed by atoms with E-state index in [-0.39, 0.29) is 12.1 Å². The Kier molecular flexibility index (Phi) is 2.71. The van der Waals surface area contributed by atoms with Gasteiger partial charge in [-0.05, 0) is 5.21 Å². The van der Waals surface area contributed by atoms with E-state index in [4.69, 9.17) is 0 Å². The highest BCUT2D eigenvalue weighted by Gasteiger charge is 2.00. The second-order valence-electron chi connectivity index (χ2n) is 1.10. The maximum absolute atomic E-state index is 9.64. The minimum absolute atomic E-state index is 0. The number of quaternary nitrogens is 1. The molecule has 0 aliphatic carbocycles. The van der Waals surface area contributed by atoms with Crippen molar-refractivity contribution in [2.24, 2.45) is 0 Å².